The second-order valence-electron chi connectivity index (χ2n) is 15.6. The highest BCUT2D eigenvalue weighted by Crippen LogP contribution is 2.42. The average molecular weight is 1040 g/mol. The lowest BCUT2D eigenvalue weighted by Crippen LogP contribution is -2.08. The number of aromatic hydroxyl groups is 1. The highest BCUT2D eigenvalue weighted by molar-refractivity contribution is 7.86. The number of nitrogens with one attached hydrogen (secondary N) is 1. The smallest absolute Gasteiger partial charge is 0.296 e. The van der Waals surface area contributed by atoms with E-state index in [1.54, 1.807) is 31.2 Å². The summed E-state index contributed by atoms with van der Waals surface area (Å²) in [6.45, 7) is 1.43. The standard InChI is InChI=1S/C46H37N7O14S4/c1-27-21-41(52-50-39-16-11-29-22-31(12-14-33(29)46(39)54)47-30-8-3-2-4-9-30)43(67-19-6-20-68(55,56)57)26-40(27)51-49-38-18-17-37(34-15-13-32(24-36(34)38)69(58,59)60)48-53-42-25-35-28(23-45(42)71(64,65)66)7-5-10-44(35)70(61,62)63/h2-5,7-18,21-26,47,54H,6,19-20H2,1H3,(H,55,56,57)(H,58,59,60)(H,61,62,63)(H,64,65,66). The van der Waals surface area contributed by atoms with Crippen LogP contribution in [0.3, 0.4) is 0 Å². The molecule has 6 N–H and O–H groups in total. The number of phenolic OH excluding ortho intramolecular Hbond substituents is 1. The Kier molecular flexibility index (Phi) is 13.8. The van der Waals surface area contributed by atoms with Crippen LogP contribution >= 0.6 is 0 Å². The van der Waals surface area contributed by atoms with Crippen molar-refractivity contribution in [2.45, 2.75) is 28.0 Å². The van der Waals surface area contributed by atoms with Crippen LogP contribution in [-0.4, -0.2) is 69.3 Å². The first kappa shape index (κ1) is 49.8. The number of aryl methyl sites for hydroxylation is 1. The number of phenols is 1. The Hall–Kier alpha value is -7.62. The minimum atomic E-state index is -4.99. The second kappa shape index (κ2) is 19.6. The van der Waals surface area contributed by atoms with Crippen molar-refractivity contribution in [3.8, 4) is 11.5 Å². The van der Waals surface area contributed by atoms with E-state index >= 15 is 0 Å². The van der Waals surface area contributed by atoms with Gasteiger partial charge in [-0.15, -0.1) is 25.6 Å². The number of para-hydroxylation sites is 1. The van der Waals surface area contributed by atoms with Gasteiger partial charge in [-0.1, -0.05) is 42.5 Å². The Labute approximate surface area is 404 Å². The number of nitrogens with zero attached hydrogens (tertiary/aromatic N) is 6. The van der Waals surface area contributed by atoms with Crippen molar-refractivity contribution in [1.82, 2.24) is 0 Å². The zero-order valence-electron chi connectivity index (χ0n) is 36.5. The summed E-state index contributed by atoms with van der Waals surface area (Å²) in [6.07, 6.45) is -0.123. The van der Waals surface area contributed by atoms with Gasteiger partial charge in [-0.25, -0.2) is 0 Å². The number of azo groups is 3. The van der Waals surface area contributed by atoms with Gasteiger partial charge < -0.3 is 15.2 Å². The minimum Gasteiger partial charge on any atom is -0.505 e. The molecule has 0 aliphatic rings. The molecule has 8 aromatic rings. The summed E-state index contributed by atoms with van der Waals surface area (Å²) in [5.74, 6) is -0.724. The molecular formula is C46H37N7O14S4. The topological polar surface area (TPSA) is 333 Å². The van der Waals surface area contributed by atoms with Crippen LogP contribution in [0.2, 0.25) is 0 Å². The lowest BCUT2D eigenvalue weighted by atomic mass is 10.1. The average Bonchev–Trinajstić information content (AvgIpc) is 3.30. The van der Waals surface area contributed by atoms with E-state index < -0.39 is 66.6 Å². The van der Waals surface area contributed by atoms with Gasteiger partial charge in [0, 0.05) is 39.0 Å². The maximum Gasteiger partial charge on any atom is 0.296 e. The molecule has 0 atom stereocenters. The van der Waals surface area contributed by atoms with E-state index in [0.29, 0.717) is 16.3 Å². The number of ether oxygens (including phenoxy) is 1. The molecule has 0 unspecified atom stereocenters. The largest absolute Gasteiger partial charge is 0.505 e. The predicted molar refractivity (Wildman–Crippen MR) is 263 cm³/mol. The molecule has 0 amide bonds. The summed E-state index contributed by atoms with van der Waals surface area (Å²) in [5.41, 5.74) is 1.98. The third kappa shape index (κ3) is 11.7. The van der Waals surface area contributed by atoms with Crippen LogP contribution in [-0.2, 0) is 40.5 Å². The molecule has 0 aromatic heterocycles. The van der Waals surface area contributed by atoms with Crippen molar-refractivity contribution in [2.24, 2.45) is 30.7 Å². The molecule has 71 heavy (non-hydrogen) atoms. The number of hydrogen-bond acceptors (Lipinski definition) is 17. The van der Waals surface area contributed by atoms with Crippen LogP contribution in [0.25, 0.3) is 32.3 Å². The van der Waals surface area contributed by atoms with Crippen LogP contribution in [0.1, 0.15) is 12.0 Å². The van der Waals surface area contributed by atoms with Gasteiger partial charge in [0.1, 0.15) is 32.6 Å². The quantitative estimate of drug-likeness (QED) is 0.0298. The van der Waals surface area contributed by atoms with Crippen molar-refractivity contribution >= 4 is 118 Å². The van der Waals surface area contributed by atoms with Crippen molar-refractivity contribution < 1.29 is 61.7 Å². The zero-order chi connectivity index (χ0) is 50.9. The summed E-state index contributed by atoms with van der Waals surface area (Å²) in [5, 5.41) is 41.2. The molecule has 0 bridgehead atoms. The van der Waals surface area contributed by atoms with Gasteiger partial charge in [0.2, 0.25) is 0 Å². The summed E-state index contributed by atoms with van der Waals surface area (Å²) >= 11 is 0. The van der Waals surface area contributed by atoms with Gasteiger partial charge in [0.05, 0.1) is 34.3 Å². The Morgan fingerprint density at radius 1 is 0.479 bits per heavy atom. The fourth-order valence-corrected chi connectivity index (χ4v) is 9.60. The molecule has 0 fully saturated rings. The van der Waals surface area contributed by atoms with E-state index in [2.05, 4.69) is 36.0 Å². The first-order valence-electron chi connectivity index (χ1n) is 20.6. The second-order valence-corrected chi connectivity index (χ2v) is 21.4. The summed E-state index contributed by atoms with van der Waals surface area (Å²) < 4.78 is 142. The van der Waals surface area contributed by atoms with Crippen molar-refractivity contribution in [3.63, 3.8) is 0 Å². The van der Waals surface area contributed by atoms with E-state index in [1.165, 1.54) is 42.5 Å². The molecule has 8 aromatic carbocycles. The number of anilines is 2. The molecular weight excluding hydrogens is 1000 g/mol. The predicted octanol–water partition coefficient (Wildman–Crippen LogP) is 11.5. The zero-order valence-corrected chi connectivity index (χ0v) is 39.8. The number of hydrogen-bond donors (Lipinski definition) is 6. The van der Waals surface area contributed by atoms with E-state index in [1.807, 2.05) is 36.4 Å². The molecule has 21 nitrogen and oxygen atoms in total. The summed E-state index contributed by atoms with van der Waals surface area (Å²) in [6, 6.07) is 32.9. The van der Waals surface area contributed by atoms with Crippen LogP contribution in [0.4, 0.5) is 45.5 Å². The third-order valence-corrected chi connectivity index (χ3v) is 14.1. The molecule has 0 aliphatic carbocycles. The number of fused-ring (bicyclic) bond motifs is 3. The Balaban J connectivity index is 1.15. The Bertz CT molecular complexity index is 4010. The van der Waals surface area contributed by atoms with E-state index in [-0.39, 0.29) is 74.5 Å². The summed E-state index contributed by atoms with van der Waals surface area (Å²) in [4.78, 5) is -1.89. The Morgan fingerprint density at radius 3 is 1.79 bits per heavy atom. The number of rotatable bonds is 16. The third-order valence-electron chi connectivity index (χ3n) is 10.6. The molecule has 0 spiro atoms. The van der Waals surface area contributed by atoms with Crippen molar-refractivity contribution in [3.05, 3.63) is 139 Å². The van der Waals surface area contributed by atoms with Crippen molar-refractivity contribution in [1.29, 1.82) is 0 Å². The molecule has 0 aliphatic heterocycles. The molecule has 8 rings (SSSR count). The van der Waals surface area contributed by atoms with E-state index in [9.17, 15) is 57.0 Å². The maximum absolute atomic E-state index is 12.4. The fraction of sp³-hybridized carbons (Fsp3) is 0.0870. The fourth-order valence-electron chi connectivity index (χ4n) is 7.26. The van der Waals surface area contributed by atoms with Crippen molar-refractivity contribution in [2.75, 3.05) is 17.7 Å². The maximum atomic E-state index is 12.4. The van der Waals surface area contributed by atoms with Gasteiger partial charge in [-0.05, 0) is 115 Å². The lowest BCUT2D eigenvalue weighted by Gasteiger charge is -2.11. The van der Waals surface area contributed by atoms with Crippen LogP contribution in [0.5, 0.6) is 11.5 Å². The van der Waals surface area contributed by atoms with Crippen LogP contribution < -0.4 is 10.1 Å². The van der Waals surface area contributed by atoms with Gasteiger partial charge in [-0.2, -0.15) is 38.8 Å². The van der Waals surface area contributed by atoms with E-state index in [4.69, 9.17) is 4.74 Å². The highest BCUT2D eigenvalue weighted by atomic mass is 32.2. The highest BCUT2D eigenvalue weighted by Gasteiger charge is 2.22. The van der Waals surface area contributed by atoms with E-state index in [0.717, 1.165) is 41.7 Å². The molecule has 0 saturated carbocycles. The normalized spacial score (nSPS) is 12.8. The van der Waals surface area contributed by atoms with Gasteiger partial charge in [0.15, 0.2) is 5.75 Å². The van der Waals surface area contributed by atoms with Gasteiger partial charge in [-0.3, -0.25) is 18.2 Å². The monoisotopic (exact) mass is 1040 g/mol. The van der Waals surface area contributed by atoms with Crippen LogP contribution in [0.15, 0.2) is 179 Å². The molecule has 25 heteroatoms. The minimum absolute atomic E-state index is 0.0140. The Morgan fingerprint density at radius 2 is 1.10 bits per heavy atom. The first-order chi connectivity index (χ1) is 33.5. The summed E-state index contributed by atoms with van der Waals surface area (Å²) in [7, 11) is -18.9. The molecule has 0 heterocycles. The molecule has 364 valence electrons. The van der Waals surface area contributed by atoms with Gasteiger partial charge in [0.25, 0.3) is 40.5 Å². The lowest BCUT2D eigenvalue weighted by molar-refractivity contribution is 0.317. The molecule has 0 saturated heterocycles. The molecule has 0 radical (unpaired) electrons. The first-order valence-corrected chi connectivity index (χ1v) is 26.6. The van der Waals surface area contributed by atoms with Crippen LogP contribution in [0, 0.1) is 6.92 Å². The number of benzene rings is 8. The van der Waals surface area contributed by atoms with Gasteiger partial charge >= 0.3 is 0 Å². The SMILES string of the molecule is Cc1cc(N=Nc2ccc3cc(Nc4ccccc4)ccc3c2O)c(OCCCS(=O)(=O)O)cc1N=Nc1ccc(N=Nc2cc3c(S(=O)(=O)O)cccc3cc2S(=O)(=O)O)c2ccc(S(=O)(=O)O)cc12.